The number of nitrogens with one attached hydrogen (secondary N) is 1. The van der Waals surface area contributed by atoms with Crippen LogP contribution < -0.4 is 5.32 Å². The van der Waals surface area contributed by atoms with Crippen LogP contribution in [0.15, 0.2) is 36.8 Å². The van der Waals surface area contributed by atoms with E-state index < -0.39 is 0 Å². The zero-order chi connectivity index (χ0) is 13.0. The van der Waals surface area contributed by atoms with E-state index in [0.717, 1.165) is 13.1 Å². The van der Waals surface area contributed by atoms with Crippen LogP contribution in [0.5, 0.6) is 0 Å². The molecule has 0 aliphatic carbocycles. The number of benzene rings is 1. The molecule has 0 fully saturated rings. The van der Waals surface area contributed by atoms with Gasteiger partial charge in [-0.1, -0.05) is 26.0 Å². The summed E-state index contributed by atoms with van der Waals surface area (Å²) in [5, 5.41) is 3.46. The molecule has 0 spiro atoms. The molecule has 3 heteroatoms. The topological polar surface area (TPSA) is 29.9 Å². The largest absolute Gasteiger partial charge is 0.379 e. The van der Waals surface area contributed by atoms with Gasteiger partial charge in [0.25, 0.3) is 0 Å². The van der Waals surface area contributed by atoms with Gasteiger partial charge in [-0.05, 0) is 30.5 Å². The van der Waals surface area contributed by atoms with Crippen LogP contribution in [0.2, 0.25) is 0 Å². The summed E-state index contributed by atoms with van der Waals surface area (Å²) in [6, 6.07) is 8.61. The van der Waals surface area contributed by atoms with Gasteiger partial charge >= 0.3 is 0 Å². The second-order valence-corrected chi connectivity index (χ2v) is 4.80. The van der Waals surface area contributed by atoms with Crippen molar-refractivity contribution in [2.75, 3.05) is 5.32 Å². The van der Waals surface area contributed by atoms with E-state index in [1.54, 1.807) is 0 Å². The average molecular weight is 243 g/mol. The van der Waals surface area contributed by atoms with E-state index in [9.17, 15) is 0 Å². The lowest BCUT2D eigenvalue weighted by Crippen LogP contribution is -2.06. The van der Waals surface area contributed by atoms with E-state index in [4.69, 9.17) is 0 Å². The Morgan fingerprint density at radius 1 is 1.33 bits per heavy atom. The lowest BCUT2D eigenvalue weighted by Gasteiger charge is -2.11. The molecule has 0 radical (unpaired) electrons. The Labute approximate surface area is 109 Å². The van der Waals surface area contributed by atoms with Crippen molar-refractivity contribution in [1.82, 2.24) is 9.55 Å². The molecule has 2 aromatic rings. The first-order valence-corrected chi connectivity index (χ1v) is 6.53. The second-order valence-electron chi connectivity index (χ2n) is 4.80. The Morgan fingerprint density at radius 3 is 2.89 bits per heavy atom. The van der Waals surface area contributed by atoms with Gasteiger partial charge in [0, 0.05) is 18.4 Å². The maximum atomic E-state index is 4.17. The predicted octanol–water partition coefficient (Wildman–Crippen LogP) is 3.64. The first-order valence-electron chi connectivity index (χ1n) is 6.53. The van der Waals surface area contributed by atoms with Crippen molar-refractivity contribution in [2.45, 2.75) is 39.8 Å². The van der Waals surface area contributed by atoms with Gasteiger partial charge in [-0.3, -0.25) is 0 Å². The number of rotatable bonds is 5. The van der Waals surface area contributed by atoms with Gasteiger partial charge < -0.3 is 9.88 Å². The Balaban J connectivity index is 2.04. The van der Waals surface area contributed by atoms with Crippen molar-refractivity contribution in [3.8, 4) is 0 Å². The summed E-state index contributed by atoms with van der Waals surface area (Å²) in [5.74, 6) is 0.563. The average Bonchev–Trinajstić information content (AvgIpc) is 2.84. The molecule has 18 heavy (non-hydrogen) atoms. The molecule has 0 aliphatic heterocycles. The van der Waals surface area contributed by atoms with E-state index in [2.05, 4.69) is 59.9 Å². The number of hydrogen-bond donors (Lipinski definition) is 1. The highest BCUT2D eigenvalue weighted by Gasteiger charge is 2.02. The van der Waals surface area contributed by atoms with E-state index in [1.165, 1.54) is 16.9 Å². The first kappa shape index (κ1) is 12.7. The number of hydrogen-bond acceptors (Lipinski definition) is 2. The number of nitrogens with zero attached hydrogens (tertiary/aromatic N) is 2. The molecule has 1 N–H and O–H groups in total. The summed E-state index contributed by atoms with van der Waals surface area (Å²) >= 11 is 0. The second kappa shape index (κ2) is 5.71. The molecule has 0 aliphatic rings. The predicted molar refractivity (Wildman–Crippen MR) is 75.8 cm³/mol. The van der Waals surface area contributed by atoms with Crippen LogP contribution in [0, 0.1) is 0 Å². The standard InChI is InChI=1S/C15H21N3/c1-4-18-11-16-9-15(18)10-17-14-7-5-6-13(8-14)12(2)3/h5-9,11-12,17H,4,10H2,1-3H3. The van der Waals surface area contributed by atoms with Gasteiger partial charge in [-0.25, -0.2) is 4.98 Å². The van der Waals surface area contributed by atoms with E-state index in [-0.39, 0.29) is 0 Å². The molecule has 1 aromatic heterocycles. The van der Waals surface area contributed by atoms with Crippen LogP contribution in [0.3, 0.4) is 0 Å². The highest BCUT2D eigenvalue weighted by Crippen LogP contribution is 2.18. The number of imidazole rings is 1. The van der Waals surface area contributed by atoms with Crippen molar-refractivity contribution in [1.29, 1.82) is 0 Å². The normalized spacial score (nSPS) is 10.9. The van der Waals surface area contributed by atoms with Gasteiger partial charge in [0.15, 0.2) is 0 Å². The van der Waals surface area contributed by atoms with E-state index in [0.29, 0.717) is 5.92 Å². The molecule has 0 amide bonds. The van der Waals surface area contributed by atoms with Gasteiger partial charge in [-0.2, -0.15) is 0 Å². The van der Waals surface area contributed by atoms with Crippen LogP contribution in [0.25, 0.3) is 0 Å². The van der Waals surface area contributed by atoms with E-state index in [1.807, 2.05) is 12.5 Å². The van der Waals surface area contributed by atoms with Gasteiger partial charge in [0.05, 0.1) is 18.6 Å². The highest BCUT2D eigenvalue weighted by molar-refractivity contribution is 5.46. The Morgan fingerprint density at radius 2 is 2.17 bits per heavy atom. The summed E-state index contributed by atoms with van der Waals surface area (Å²) in [5.41, 5.74) is 3.75. The lowest BCUT2D eigenvalue weighted by molar-refractivity contribution is 0.719. The molecular weight excluding hydrogens is 222 g/mol. The summed E-state index contributed by atoms with van der Waals surface area (Å²) in [6.45, 7) is 8.33. The fourth-order valence-electron chi connectivity index (χ4n) is 1.98. The molecule has 1 aromatic carbocycles. The molecule has 1 heterocycles. The van der Waals surface area contributed by atoms with Crippen LogP contribution in [-0.4, -0.2) is 9.55 Å². The SMILES string of the molecule is CCn1cncc1CNc1cccc(C(C)C)c1. The van der Waals surface area contributed by atoms with Gasteiger partial charge in [0.2, 0.25) is 0 Å². The Kier molecular flexibility index (Phi) is 4.03. The maximum absolute atomic E-state index is 4.17. The summed E-state index contributed by atoms with van der Waals surface area (Å²) in [4.78, 5) is 4.17. The maximum Gasteiger partial charge on any atom is 0.0948 e. The number of aromatic nitrogens is 2. The smallest absolute Gasteiger partial charge is 0.0948 e. The fraction of sp³-hybridized carbons (Fsp3) is 0.400. The quantitative estimate of drug-likeness (QED) is 0.869. The zero-order valence-electron chi connectivity index (χ0n) is 11.4. The van der Waals surface area contributed by atoms with Crippen LogP contribution >= 0.6 is 0 Å². The lowest BCUT2D eigenvalue weighted by atomic mass is 10.0. The van der Waals surface area contributed by atoms with Crippen molar-refractivity contribution >= 4 is 5.69 Å². The number of aryl methyl sites for hydroxylation is 1. The van der Waals surface area contributed by atoms with Gasteiger partial charge in [0.1, 0.15) is 0 Å². The Bertz CT molecular complexity index is 500. The molecule has 0 unspecified atom stereocenters. The zero-order valence-corrected chi connectivity index (χ0v) is 11.4. The van der Waals surface area contributed by atoms with Crippen LogP contribution in [0.4, 0.5) is 5.69 Å². The minimum absolute atomic E-state index is 0.563. The Hall–Kier alpha value is -1.77. The highest BCUT2D eigenvalue weighted by atomic mass is 15.1. The van der Waals surface area contributed by atoms with Gasteiger partial charge in [-0.15, -0.1) is 0 Å². The third-order valence-corrected chi connectivity index (χ3v) is 3.17. The van der Waals surface area contributed by atoms with Crippen LogP contribution in [-0.2, 0) is 13.1 Å². The monoisotopic (exact) mass is 243 g/mol. The molecule has 0 saturated heterocycles. The fourth-order valence-corrected chi connectivity index (χ4v) is 1.98. The van der Waals surface area contributed by atoms with Crippen molar-refractivity contribution in [3.05, 3.63) is 48.0 Å². The molecule has 3 nitrogen and oxygen atoms in total. The summed E-state index contributed by atoms with van der Waals surface area (Å²) in [6.07, 6.45) is 3.80. The molecule has 96 valence electrons. The third kappa shape index (κ3) is 2.92. The molecule has 0 bridgehead atoms. The first-order chi connectivity index (χ1) is 8.70. The van der Waals surface area contributed by atoms with Crippen molar-refractivity contribution in [2.24, 2.45) is 0 Å². The minimum atomic E-state index is 0.563. The van der Waals surface area contributed by atoms with Crippen molar-refractivity contribution in [3.63, 3.8) is 0 Å². The number of anilines is 1. The summed E-state index contributed by atoms with van der Waals surface area (Å²) in [7, 11) is 0. The molecule has 0 saturated carbocycles. The van der Waals surface area contributed by atoms with Crippen LogP contribution in [0.1, 0.15) is 37.9 Å². The van der Waals surface area contributed by atoms with E-state index >= 15 is 0 Å². The van der Waals surface area contributed by atoms with Crippen molar-refractivity contribution < 1.29 is 0 Å². The third-order valence-electron chi connectivity index (χ3n) is 3.17. The molecule has 0 atom stereocenters. The molecular formula is C15H21N3. The molecule has 2 rings (SSSR count). The minimum Gasteiger partial charge on any atom is -0.379 e. The summed E-state index contributed by atoms with van der Waals surface area (Å²) < 4.78 is 2.15.